The molecule has 0 unspecified atom stereocenters. The molecule has 7 nitrogen and oxygen atoms in total. The molecule has 0 fully saturated rings. The van der Waals surface area contributed by atoms with Gasteiger partial charge in [0.2, 0.25) is 5.91 Å². The van der Waals surface area contributed by atoms with E-state index in [2.05, 4.69) is 9.97 Å². The number of fused-ring (bicyclic) bond motifs is 1. The van der Waals surface area contributed by atoms with E-state index >= 15 is 0 Å². The van der Waals surface area contributed by atoms with Crippen molar-refractivity contribution >= 4 is 61.4 Å². The van der Waals surface area contributed by atoms with Crippen LogP contribution in [0.1, 0.15) is 12.6 Å². The first-order valence-electron chi connectivity index (χ1n) is 8.94. The molecule has 0 atom stereocenters. The van der Waals surface area contributed by atoms with Crippen molar-refractivity contribution in [2.24, 2.45) is 7.05 Å². The molecule has 0 spiro atoms. The number of hydrogen-bond acceptors (Lipinski definition) is 8. The third-order valence-corrected chi connectivity index (χ3v) is 7.20. The number of thiophene rings is 1. The molecule has 0 saturated heterocycles. The van der Waals surface area contributed by atoms with Gasteiger partial charge in [-0.25, -0.2) is 9.97 Å². The minimum atomic E-state index is -0.153. The maximum absolute atomic E-state index is 12.5. The standard InChI is InChI=1S/C20H18N4O3S3/c1-12(25)24(15-6-4-5-7-16(15)27-3)20-21-13(11-30-20)10-29-19-22-14-8-9-28-17(14)18(26)23(19)2/h4-9,11H,10H2,1-3H3. The van der Waals surface area contributed by atoms with Crippen LogP contribution in [0.15, 0.2) is 51.0 Å². The Morgan fingerprint density at radius 1 is 1.23 bits per heavy atom. The Morgan fingerprint density at radius 3 is 2.80 bits per heavy atom. The number of nitrogens with zero attached hydrogens (tertiary/aromatic N) is 4. The summed E-state index contributed by atoms with van der Waals surface area (Å²) < 4.78 is 7.62. The quantitative estimate of drug-likeness (QED) is 0.314. The predicted molar refractivity (Wildman–Crippen MR) is 122 cm³/mol. The minimum absolute atomic E-state index is 0.0459. The molecule has 0 aliphatic heterocycles. The molecule has 0 saturated carbocycles. The van der Waals surface area contributed by atoms with Crippen LogP contribution < -0.4 is 15.2 Å². The molecular weight excluding hydrogens is 440 g/mol. The summed E-state index contributed by atoms with van der Waals surface area (Å²) in [5.74, 6) is 0.978. The van der Waals surface area contributed by atoms with Crippen LogP contribution in [-0.4, -0.2) is 27.6 Å². The van der Waals surface area contributed by atoms with E-state index in [9.17, 15) is 9.59 Å². The zero-order chi connectivity index (χ0) is 21.3. The number of carbonyl (C=O) groups excluding carboxylic acids is 1. The van der Waals surface area contributed by atoms with E-state index in [0.29, 0.717) is 37.7 Å². The highest BCUT2D eigenvalue weighted by Crippen LogP contribution is 2.36. The van der Waals surface area contributed by atoms with Gasteiger partial charge in [-0.05, 0) is 23.6 Å². The van der Waals surface area contributed by atoms with E-state index in [1.165, 1.54) is 41.4 Å². The lowest BCUT2D eigenvalue weighted by Gasteiger charge is -2.20. The van der Waals surface area contributed by atoms with Gasteiger partial charge in [-0.3, -0.25) is 19.1 Å². The van der Waals surface area contributed by atoms with Gasteiger partial charge in [0.05, 0.1) is 24.0 Å². The van der Waals surface area contributed by atoms with Crippen molar-refractivity contribution < 1.29 is 9.53 Å². The van der Waals surface area contributed by atoms with Gasteiger partial charge in [0.25, 0.3) is 5.56 Å². The summed E-state index contributed by atoms with van der Waals surface area (Å²) in [5.41, 5.74) is 2.12. The lowest BCUT2D eigenvalue weighted by Crippen LogP contribution is -2.23. The van der Waals surface area contributed by atoms with Gasteiger partial charge >= 0.3 is 0 Å². The Morgan fingerprint density at radius 2 is 2.03 bits per heavy atom. The van der Waals surface area contributed by atoms with Crippen molar-refractivity contribution in [3.63, 3.8) is 0 Å². The molecule has 3 heterocycles. The fourth-order valence-electron chi connectivity index (χ4n) is 2.92. The second-order valence-electron chi connectivity index (χ2n) is 6.33. The number of thioether (sulfide) groups is 1. The molecule has 4 rings (SSSR count). The van der Waals surface area contributed by atoms with Crippen molar-refractivity contribution in [3.8, 4) is 5.75 Å². The van der Waals surface area contributed by atoms with Crippen LogP contribution in [0.4, 0.5) is 10.8 Å². The first-order valence-corrected chi connectivity index (χ1v) is 11.7. The summed E-state index contributed by atoms with van der Waals surface area (Å²) in [4.78, 5) is 35.6. The maximum Gasteiger partial charge on any atom is 0.271 e. The Balaban J connectivity index is 1.59. The van der Waals surface area contributed by atoms with E-state index in [4.69, 9.17) is 4.74 Å². The molecule has 0 aliphatic rings. The van der Waals surface area contributed by atoms with Crippen molar-refractivity contribution in [3.05, 3.63) is 57.1 Å². The Kier molecular flexibility index (Phi) is 5.89. The van der Waals surface area contributed by atoms with Crippen molar-refractivity contribution in [2.75, 3.05) is 12.0 Å². The van der Waals surface area contributed by atoms with Gasteiger partial charge in [-0.1, -0.05) is 23.9 Å². The van der Waals surface area contributed by atoms with Gasteiger partial charge in [0.1, 0.15) is 10.4 Å². The van der Waals surface area contributed by atoms with E-state index in [-0.39, 0.29) is 11.5 Å². The number of aromatic nitrogens is 3. The van der Waals surface area contributed by atoms with E-state index in [0.717, 1.165) is 5.69 Å². The van der Waals surface area contributed by atoms with Gasteiger partial charge in [-0.2, -0.15) is 0 Å². The largest absolute Gasteiger partial charge is 0.495 e. The summed E-state index contributed by atoms with van der Waals surface area (Å²) in [6, 6.07) is 9.19. The smallest absolute Gasteiger partial charge is 0.271 e. The molecule has 0 bridgehead atoms. The summed E-state index contributed by atoms with van der Waals surface area (Å²) >= 11 is 4.22. The number of amides is 1. The number of benzene rings is 1. The topological polar surface area (TPSA) is 77.3 Å². The van der Waals surface area contributed by atoms with E-state index < -0.39 is 0 Å². The number of thiazole rings is 1. The number of anilines is 2. The third kappa shape index (κ3) is 3.85. The first kappa shape index (κ1) is 20.6. The SMILES string of the molecule is COc1ccccc1N(C(C)=O)c1nc(CSc2nc3ccsc3c(=O)n2C)cs1. The third-order valence-electron chi connectivity index (χ3n) is 4.37. The highest BCUT2D eigenvalue weighted by Gasteiger charge is 2.21. The molecular formula is C20H18N4O3S3. The van der Waals surface area contributed by atoms with Gasteiger partial charge in [-0.15, -0.1) is 22.7 Å². The molecule has 0 radical (unpaired) electrons. The predicted octanol–water partition coefficient (Wildman–Crippen LogP) is 4.44. The van der Waals surface area contributed by atoms with E-state index in [1.54, 1.807) is 23.6 Å². The van der Waals surface area contributed by atoms with Gasteiger partial charge in [0.15, 0.2) is 10.3 Å². The average molecular weight is 459 g/mol. The second kappa shape index (κ2) is 8.58. The lowest BCUT2D eigenvalue weighted by molar-refractivity contribution is -0.115. The summed E-state index contributed by atoms with van der Waals surface area (Å²) in [5, 5.41) is 4.98. The Labute approximate surface area is 185 Å². The number of carbonyl (C=O) groups is 1. The van der Waals surface area contributed by atoms with Crippen LogP contribution in [0.2, 0.25) is 0 Å². The number of rotatable bonds is 6. The highest BCUT2D eigenvalue weighted by molar-refractivity contribution is 7.98. The summed E-state index contributed by atoms with van der Waals surface area (Å²) in [6.45, 7) is 1.50. The van der Waals surface area contributed by atoms with Crippen molar-refractivity contribution in [1.82, 2.24) is 14.5 Å². The minimum Gasteiger partial charge on any atom is -0.495 e. The molecule has 0 N–H and O–H groups in total. The van der Waals surface area contributed by atoms with Crippen LogP contribution in [0.25, 0.3) is 10.2 Å². The molecule has 30 heavy (non-hydrogen) atoms. The molecule has 154 valence electrons. The Bertz CT molecular complexity index is 1280. The fraction of sp³-hybridized carbons (Fsp3) is 0.200. The van der Waals surface area contributed by atoms with Gasteiger partial charge < -0.3 is 4.74 Å². The first-order chi connectivity index (χ1) is 14.5. The summed E-state index contributed by atoms with van der Waals surface area (Å²) in [6.07, 6.45) is 0. The molecule has 4 aromatic rings. The van der Waals surface area contributed by atoms with Crippen LogP contribution in [0.3, 0.4) is 0 Å². The van der Waals surface area contributed by atoms with E-state index in [1.807, 2.05) is 41.1 Å². The van der Waals surface area contributed by atoms with Crippen molar-refractivity contribution in [1.29, 1.82) is 0 Å². The maximum atomic E-state index is 12.5. The number of para-hydroxylation sites is 2. The second-order valence-corrected chi connectivity index (χ2v) is 9.03. The number of ether oxygens (including phenoxy) is 1. The van der Waals surface area contributed by atoms with Crippen LogP contribution in [0.5, 0.6) is 5.75 Å². The summed E-state index contributed by atoms with van der Waals surface area (Å²) in [7, 11) is 3.30. The molecule has 1 aromatic carbocycles. The van der Waals surface area contributed by atoms with Crippen LogP contribution >= 0.6 is 34.4 Å². The Hall–Kier alpha value is -2.69. The van der Waals surface area contributed by atoms with Crippen LogP contribution in [0, 0.1) is 0 Å². The zero-order valence-electron chi connectivity index (χ0n) is 16.5. The highest BCUT2D eigenvalue weighted by atomic mass is 32.2. The molecule has 1 amide bonds. The molecule has 0 aliphatic carbocycles. The number of hydrogen-bond donors (Lipinski definition) is 0. The zero-order valence-corrected chi connectivity index (χ0v) is 18.9. The fourth-order valence-corrected chi connectivity index (χ4v) is 5.58. The normalized spacial score (nSPS) is 11.0. The molecule has 3 aromatic heterocycles. The average Bonchev–Trinajstić information content (AvgIpc) is 3.39. The van der Waals surface area contributed by atoms with Crippen LogP contribution in [-0.2, 0) is 17.6 Å². The van der Waals surface area contributed by atoms with Gasteiger partial charge in [0, 0.05) is 25.1 Å². The monoisotopic (exact) mass is 458 g/mol. The number of methoxy groups -OCH3 is 1. The molecule has 10 heteroatoms. The van der Waals surface area contributed by atoms with Crippen molar-refractivity contribution in [2.45, 2.75) is 17.8 Å². The lowest BCUT2D eigenvalue weighted by atomic mass is 10.2.